The number of hydrazine groups is 1. The molecule has 0 bridgehead atoms. The fraction of sp³-hybridized carbons (Fsp3) is 0.550. The summed E-state index contributed by atoms with van der Waals surface area (Å²) in [5.74, 6) is -0.230. The normalized spacial score (nSPS) is 14.9. The van der Waals surface area contributed by atoms with Gasteiger partial charge in [-0.3, -0.25) is 10.1 Å². The highest BCUT2D eigenvalue weighted by Crippen LogP contribution is 2.24. The van der Waals surface area contributed by atoms with Crippen molar-refractivity contribution in [2.75, 3.05) is 6.54 Å². The maximum absolute atomic E-state index is 12.6. The van der Waals surface area contributed by atoms with Crippen LogP contribution in [0.25, 0.3) is 0 Å². The van der Waals surface area contributed by atoms with Gasteiger partial charge in [0.05, 0.1) is 0 Å². The van der Waals surface area contributed by atoms with Gasteiger partial charge in [-0.15, -0.1) is 0 Å². The van der Waals surface area contributed by atoms with E-state index in [2.05, 4.69) is 10.7 Å². The predicted molar refractivity (Wildman–Crippen MR) is 102 cm³/mol. The van der Waals surface area contributed by atoms with Crippen molar-refractivity contribution >= 4 is 18.0 Å². The third-order valence-electron chi connectivity index (χ3n) is 4.29. The summed E-state index contributed by atoms with van der Waals surface area (Å²) in [5.41, 5.74) is 2.18. The number of nitrogens with zero attached hydrogens (tertiary/aromatic N) is 1. The molecule has 0 aliphatic heterocycles. The van der Waals surface area contributed by atoms with Crippen LogP contribution in [0.4, 0.5) is 9.59 Å². The standard InChI is InChI=1S/C20H29N3O4/c1-20(2,3)27-19(26)22-23(14-15-10-6-4-7-11-15)18(25)21-17(24)16-12-8-5-9-13-16/h5,8-9,12-13,15H,4,6-7,10-11,14H2,1-3H3,(H,22,26)(H,21,24,25). The van der Waals surface area contributed by atoms with Gasteiger partial charge in [0.2, 0.25) is 0 Å². The molecule has 0 heterocycles. The lowest BCUT2D eigenvalue weighted by Crippen LogP contribution is -2.54. The first-order valence-electron chi connectivity index (χ1n) is 9.42. The summed E-state index contributed by atoms with van der Waals surface area (Å²) in [6.07, 6.45) is 4.67. The van der Waals surface area contributed by atoms with Gasteiger partial charge in [0.15, 0.2) is 0 Å². The van der Waals surface area contributed by atoms with Crippen LogP contribution < -0.4 is 10.7 Å². The van der Waals surface area contributed by atoms with Gasteiger partial charge in [0, 0.05) is 12.1 Å². The molecule has 4 amide bonds. The summed E-state index contributed by atoms with van der Waals surface area (Å²) in [6.45, 7) is 5.58. The van der Waals surface area contributed by atoms with Crippen LogP contribution in [-0.4, -0.2) is 35.2 Å². The summed E-state index contributed by atoms with van der Waals surface area (Å²) in [4.78, 5) is 37.0. The lowest BCUT2D eigenvalue weighted by molar-refractivity contribution is 0.0349. The fourth-order valence-corrected chi connectivity index (χ4v) is 3.04. The van der Waals surface area contributed by atoms with Gasteiger partial charge in [-0.25, -0.2) is 20.0 Å². The van der Waals surface area contributed by atoms with E-state index in [0.29, 0.717) is 12.1 Å². The molecular weight excluding hydrogens is 346 g/mol. The molecule has 1 fully saturated rings. The van der Waals surface area contributed by atoms with Gasteiger partial charge >= 0.3 is 12.1 Å². The maximum Gasteiger partial charge on any atom is 0.426 e. The number of imide groups is 1. The smallest absolute Gasteiger partial charge is 0.426 e. The Bertz CT molecular complexity index is 649. The molecular formula is C20H29N3O4. The van der Waals surface area contributed by atoms with Gasteiger partial charge in [0.1, 0.15) is 5.60 Å². The van der Waals surface area contributed by atoms with Crippen LogP contribution in [0.1, 0.15) is 63.2 Å². The van der Waals surface area contributed by atoms with Crippen molar-refractivity contribution in [3.8, 4) is 0 Å². The Hall–Kier alpha value is -2.57. The Morgan fingerprint density at radius 3 is 2.30 bits per heavy atom. The molecule has 0 spiro atoms. The highest BCUT2D eigenvalue weighted by atomic mass is 16.6. The van der Waals surface area contributed by atoms with Gasteiger partial charge in [-0.05, 0) is 51.7 Å². The van der Waals surface area contributed by atoms with Gasteiger partial charge in [0.25, 0.3) is 5.91 Å². The van der Waals surface area contributed by atoms with E-state index in [1.165, 1.54) is 6.42 Å². The molecule has 7 heteroatoms. The number of nitrogens with one attached hydrogen (secondary N) is 2. The van der Waals surface area contributed by atoms with E-state index in [1.54, 1.807) is 51.1 Å². The van der Waals surface area contributed by atoms with Crippen molar-refractivity contribution in [3.05, 3.63) is 35.9 Å². The highest BCUT2D eigenvalue weighted by molar-refractivity contribution is 6.04. The molecule has 1 saturated carbocycles. The molecule has 0 unspecified atom stereocenters. The van der Waals surface area contributed by atoms with Crippen LogP contribution in [0.3, 0.4) is 0 Å². The van der Waals surface area contributed by atoms with E-state index in [-0.39, 0.29) is 5.92 Å². The van der Waals surface area contributed by atoms with Crippen molar-refractivity contribution in [3.63, 3.8) is 0 Å². The Kier molecular flexibility index (Phi) is 7.21. The van der Waals surface area contributed by atoms with Crippen molar-refractivity contribution in [1.29, 1.82) is 0 Å². The number of amides is 4. The maximum atomic E-state index is 12.6. The van der Waals surface area contributed by atoms with E-state index in [0.717, 1.165) is 30.7 Å². The molecule has 2 N–H and O–H groups in total. The first kappa shape index (κ1) is 20.7. The second-order valence-corrected chi connectivity index (χ2v) is 7.85. The monoisotopic (exact) mass is 375 g/mol. The van der Waals surface area contributed by atoms with Crippen molar-refractivity contribution in [2.24, 2.45) is 5.92 Å². The largest absolute Gasteiger partial charge is 0.443 e. The van der Waals surface area contributed by atoms with Gasteiger partial charge < -0.3 is 4.74 Å². The Labute approximate surface area is 160 Å². The lowest BCUT2D eigenvalue weighted by Gasteiger charge is -2.30. The van der Waals surface area contributed by atoms with Gasteiger partial charge in [-0.2, -0.15) is 0 Å². The Morgan fingerprint density at radius 2 is 1.70 bits per heavy atom. The Balaban J connectivity index is 2.03. The first-order valence-corrected chi connectivity index (χ1v) is 9.42. The third kappa shape index (κ3) is 7.29. The van der Waals surface area contributed by atoms with E-state index in [9.17, 15) is 14.4 Å². The minimum Gasteiger partial charge on any atom is -0.443 e. The molecule has 7 nitrogen and oxygen atoms in total. The summed E-state index contributed by atoms with van der Waals surface area (Å²) >= 11 is 0. The number of urea groups is 1. The van der Waals surface area contributed by atoms with Crippen molar-refractivity contribution in [2.45, 2.75) is 58.5 Å². The SMILES string of the molecule is CC(C)(C)OC(=O)NN(CC1CCCCC1)C(=O)NC(=O)c1ccccc1. The summed E-state index contributed by atoms with van der Waals surface area (Å²) in [7, 11) is 0. The highest BCUT2D eigenvalue weighted by Gasteiger charge is 2.26. The number of benzene rings is 1. The van der Waals surface area contributed by atoms with E-state index >= 15 is 0 Å². The molecule has 148 valence electrons. The van der Waals surface area contributed by atoms with Gasteiger partial charge in [-0.1, -0.05) is 37.5 Å². The second-order valence-electron chi connectivity index (χ2n) is 7.85. The molecule has 1 aliphatic carbocycles. The summed E-state index contributed by atoms with van der Waals surface area (Å²) in [6, 6.07) is 7.80. The van der Waals surface area contributed by atoms with E-state index in [1.807, 2.05) is 0 Å². The molecule has 1 aliphatic rings. The number of carbonyl (C=O) groups excluding carboxylic acids is 3. The van der Waals surface area contributed by atoms with Crippen molar-refractivity contribution < 1.29 is 19.1 Å². The van der Waals surface area contributed by atoms with E-state index < -0.39 is 23.6 Å². The Morgan fingerprint density at radius 1 is 1.07 bits per heavy atom. The quantitative estimate of drug-likeness (QED) is 0.785. The first-order chi connectivity index (χ1) is 12.7. The lowest BCUT2D eigenvalue weighted by atomic mass is 9.89. The van der Waals surface area contributed by atoms with Crippen LogP contribution in [0.15, 0.2) is 30.3 Å². The number of carbonyl (C=O) groups is 3. The zero-order valence-corrected chi connectivity index (χ0v) is 16.3. The predicted octanol–water partition coefficient (Wildman–Crippen LogP) is 3.86. The fourth-order valence-electron chi connectivity index (χ4n) is 3.04. The second kappa shape index (κ2) is 9.39. The summed E-state index contributed by atoms with van der Waals surface area (Å²) in [5, 5.41) is 3.49. The topological polar surface area (TPSA) is 87.7 Å². The zero-order chi connectivity index (χ0) is 19.9. The van der Waals surface area contributed by atoms with Crippen LogP contribution in [-0.2, 0) is 4.74 Å². The molecule has 1 aromatic carbocycles. The van der Waals surface area contributed by atoms with Crippen LogP contribution >= 0.6 is 0 Å². The zero-order valence-electron chi connectivity index (χ0n) is 16.3. The minimum absolute atomic E-state index is 0.284. The minimum atomic E-state index is -0.722. The number of ether oxygens (including phenoxy) is 1. The molecule has 2 rings (SSSR count). The number of hydrogen-bond donors (Lipinski definition) is 2. The van der Waals surface area contributed by atoms with Crippen LogP contribution in [0.2, 0.25) is 0 Å². The average Bonchev–Trinajstić information content (AvgIpc) is 2.61. The average molecular weight is 375 g/mol. The number of hydrogen-bond acceptors (Lipinski definition) is 4. The van der Waals surface area contributed by atoms with E-state index in [4.69, 9.17) is 4.74 Å². The van der Waals surface area contributed by atoms with Crippen LogP contribution in [0, 0.1) is 5.92 Å². The molecule has 1 aromatic rings. The third-order valence-corrected chi connectivity index (χ3v) is 4.29. The molecule has 0 radical (unpaired) electrons. The number of rotatable bonds is 3. The molecule has 27 heavy (non-hydrogen) atoms. The molecule has 0 aromatic heterocycles. The molecule has 0 atom stereocenters. The summed E-state index contributed by atoms with van der Waals surface area (Å²) < 4.78 is 5.24. The van der Waals surface area contributed by atoms with Crippen molar-refractivity contribution in [1.82, 2.24) is 15.8 Å². The molecule has 0 saturated heterocycles. The van der Waals surface area contributed by atoms with Crippen LogP contribution in [0.5, 0.6) is 0 Å².